The number of aromatic nitrogens is 4. The molecule has 1 aliphatic carbocycles. The van der Waals surface area contributed by atoms with Gasteiger partial charge in [0.1, 0.15) is 18.2 Å². The molecule has 1 saturated carbocycles. The summed E-state index contributed by atoms with van der Waals surface area (Å²) in [6.07, 6.45) is 3.75. The number of anilines is 3. The topological polar surface area (TPSA) is 96.9 Å². The fourth-order valence-electron chi connectivity index (χ4n) is 2.78. The average Bonchev–Trinajstić information content (AvgIpc) is 2.58. The number of rotatable bonds is 7. The van der Waals surface area contributed by atoms with Crippen molar-refractivity contribution in [3.05, 3.63) is 29.8 Å². The van der Waals surface area contributed by atoms with E-state index in [0.29, 0.717) is 30.3 Å². The van der Waals surface area contributed by atoms with Crippen molar-refractivity contribution in [3.63, 3.8) is 0 Å². The summed E-state index contributed by atoms with van der Waals surface area (Å²) in [5.74, 6) is 3.42. The van der Waals surface area contributed by atoms with E-state index in [1.165, 1.54) is 0 Å². The second kappa shape index (κ2) is 7.39. The molecule has 24 heavy (non-hydrogen) atoms. The summed E-state index contributed by atoms with van der Waals surface area (Å²) in [6.45, 7) is 0.418. The van der Waals surface area contributed by atoms with Gasteiger partial charge < -0.3 is 20.7 Å². The van der Waals surface area contributed by atoms with E-state index in [1.54, 1.807) is 13.3 Å². The zero-order chi connectivity index (χ0) is 16.9. The molecule has 3 N–H and O–H groups in total. The van der Waals surface area contributed by atoms with Gasteiger partial charge in [0.05, 0.1) is 0 Å². The van der Waals surface area contributed by atoms with Crippen LogP contribution in [0.1, 0.15) is 30.3 Å². The molecule has 128 valence electrons. The number of nitrogens with one attached hydrogen (secondary N) is 3. The molecule has 0 bridgehead atoms. The van der Waals surface area contributed by atoms with Crippen LogP contribution in [0.2, 0.25) is 0 Å². The summed E-state index contributed by atoms with van der Waals surface area (Å²) in [7, 11) is 5.36. The zero-order valence-electron chi connectivity index (χ0n) is 14.2. The summed E-state index contributed by atoms with van der Waals surface area (Å²) in [6, 6.07) is 4.21. The Balaban J connectivity index is 1.62. The molecule has 2 heterocycles. The molecule has 0 aromatic carbocycles. The van der Waals surface area contributed by atoms with Gasteiger partial charge in [0.15, 0.2) is 5.82 Å². The maximum Gasteiger partial charge on any atom is 0.224 e. The van der Waals surface area contributed by atoms with E-state index < -0.39 is 0 Å². The highest BCUT2D eigenvalue weighted by atomic mass is 16.5. The lowest BCUT2D eigenvalue weighted by atomic mass is 9.78. The Morgan fingerprint density at radius 1 is 1.12 bits per heavy atom. The van der Waals surface area contributed by atoms with E-state index in [0.717, 1.165) is 30.2 Å². The first-order valence-corrected chi connectivity index (χ1v) is 8.03. The van der Waals surface area contributed by atoms with Gasteiger partial charge in [-0.05, 0) is 18.9 Å². The van der Waals surface area contributed by atoms with Crippen LogP contribution in [0.15, 0.2) is 18.3 Å². The molecule has 8 nitrogen and oxygen atoms in total. The van der Waals surface area contributed by atoms with Crippen molar-refractivity contribution in [3.8, 4) is 0 Å². The highest BCUT2D eigenvalue weighted by molar-refractivity contribution is 5.41. The fraction of sp³-hybridized carbons (Fsp3) is 0.500. The van der Waals surface area contributed by atoms with Gasteiger partial charge in [0, 0.05) is 51.1 Å². The van der Waals surface area contributed by atoms with Gasteiger partial charge in [-0.2, -0.15) is 4.98 Å². The van der Waals surface area contributed by atoms with Crippen LogP contribution in [0.3, 0.4) is 0 Å². The minimum Gasteiger partial charge on any atom is -0.377 e. The van der Waals surface area contributed by atoms with E-state index >= 15 is 0 Å². The molecule has 3 rings (SSSR count). The molecule has 0 atom stereocenters. The van der Waals surface area contributed by atoms with E-state index in [2.05, 4.69) is 35.9 Å². The standard InChI is InChI=1S/C16H23N7O/c1-17-13-4-5-19-16(23-13)20-11-6-10(7-11)12-8-14(18-2)22-15(21-12)9-24-3/h4-5,8,10-11H,6-7,9H2,1-3H3,(H,18,21,22)(H2,17,19,20,23). The summed E-state index contributed by atoms with van der Waals surface area (Å²) in [5.41, 5.74) is 1.06. The third kappa shape index (κ3) is 3.70. The first-order valence-electron chi connectivity index (χ1n) is 8.03. The van der Waals surface area contributed by atoms with Crippen LogP contribution < -0.4 is 16.0 Å². The van der Waals surface area contributed by atoms with E-state index in [4.69, 9.17) is 4.74 Å². The van der Waals surface area contributed by atoms with Gasteiger partial charge in [-0.1, -0.05) is 0 Å². The number of nitrogens with zero attached hydrogens (tertiary/aromatic N) is 4. The van der Waals surface area contributed by atoms with Crippen molar-refractivity contribution in [1.29, 1.82) is 0 Å². The maximum atomic E-state index is 5.15. The minimum absolute atomic E-state index is 0.362. The van der Waals surface area contributed by atoms with Crippen molar-refractivity contribution >= 4 is 17.6 Å². The lowest BCUT2D eigenvalue weighted by Gasteiger charge is -2.35. The molecule has 0 aliphatic heterocycles. The van der Waals surface area contributed by atoms with Gasteiger partial charge in [-0.15, -0.1) is 0 Å². The minimum atomic E-state index is 0.362. The third-order valence-corrected chi connectivity index (χ3v) is 4.12. The van der Waals surface area contributed by atoms with Gasteiger partial charge in [-0.25, -0.2) is 15.0 Å². The van der Waals surface area contributed by atoms with Gasteiger partial charge in [0.2, 0.25) is 5.95 Å². The molecule has 1 fully saturated rings. The van der Waals surface area contributed by atoms with Crippen LogP contribution in [0.5, 0.6) is 0 Å². The van der Waals surface area contributed by atoms with Crippen LogP contribution >= 0.6 is 0 Å². The number of hydrogen-bond donors (Lipinski definition) is 3. The Hall–Kier alpha value is -2.48. The van der Waals surface area contributed by atoms with Crippen molar-refractivity contribution < 1.29 is 4.74 Å². The predicted molar refractivity (Wildman–Crippen MR) is 93.3 cm³/mol. The normalized spacial score (nSPS) is 19.5. The van der Waals surface area contributed by atoms with Crippen molar-refractivity contribution in [1.82, 2.24) is 19.9 Å². The fourth-order valence-corrected chi connectivity index (χ4v) is 2.78. The molecule has 0 saturated heterocycles. The highest BCUT2D eigenvalue weighted by Crippen LogP contribution is 2.37. The summed E-state index contributed by atoms with van der Waals surface area (Å²) < 4.78 is 5.15. The molecular formula is C16H23N7O. The molecule has 2 aromatic rings. The van der Waals surface area contributed by atoms with Crippen LogP contribution in [-0.2, 0) is 11.3 Å². The Morgan fingerprint density at radius 2 is 1.92 bits per heavy atom. The SMILES string of the molecule is CNc1cc(C2CC(Nc3nccc(NC)n3)C2)nc(COC)n1. The van der Waals surface area contributed by atoms with Crippen molar-refractivity contribution in [2.24, 2.45) is 0 Å². The Morgan fingerprint density at radius 3 is 2.62 bits per heavy atom. The Bertz CT molecular complexity index is 688. The van der Waals surface area contributed by atoms with E-state index in [-0.39, 0.29) is 0 Å². The smallest absolute Gasteiger partial charge is 0.224 e. The molecule has 0 unspecified atom stereocenters. The molecule has 2 aromatic heterocycles. The Labute approximate surface area is 141 Å². The summed E-state index contributed by atoms with van der Waals surface area (Å²) in [5, 5.41) is 9.47. The predicted octanol–water partition coefficient (Wildman–Crippen LogP) is 1.85. The van der Waals surface area contributed by atoms with E-state index in [1.807, 2.05) is 26.2 Å². The van der Waals surface area contributed by atoms with Crippen LogP contribution in [0.4, 0.5) is 17.6 Å². The number of hydrogen-bond acceptors (Lipinski definition) is 8. The molecular weight excluding hydrogens is 306 g/mol. The highest BCUT2D eigenvalue weighted by Gasteiger charge is 2.32. The second-order valence-electron chi connectivity index (χ2n) is 5.80. The third-order valence-electron chi connectivity index (χ3n) is 4.12. The monoisotopic (exact) mass is 329 g/mol. The number of methoxy groups -OCH3 is 1. The largest absolute Gasteiger partial charge is 0.377 e. The zero-order valence-corrected chi connectivity index (χ0v) is 14.2. The summed E-state index contributed by atoms with van der Waals surface area (Å²) >= 11 is 0. The quantitative estimate of drug-likeness (QED) is 0.708. The van der Waals surface area contributed by atoms with Crippen LogP contribution in [0.25, 0.3) is 0 Å². The van der Waals surface area contributed by atoms with E-state index in [9.17, 15) is 0 Å². The Kier molecular flexibility index (Phi) is 5.05. The van der Waals surface area contributed by atoms with Gasteiger partial charge in [-0.3, -0.25) is 0 Å². The summed E-state index contributed by atoms with van der Waals surface area (Å²) in [4.78, 5) is 17.7. The lowest BCUT2D eigenvalue weighted by molar-refractivity contribution is 0.177. The molecule has 8 heteroatoms. The van der Waals surface area contributed by atoms with Gasteiger partial charge in [0.25, 0.3) is 0 Å². The van der Waals surface area contributed by atoms with Gasteiger partial charge >= 0.3 is 0 Å². The van der Waals surface area contributed by atoms with Crippen molar-refractivity contribution in [2.45, 2.75) is 31.4 Å². The lowest BCUT2D eigenvalue weighted by Crippen LogP contribution is -2.35. The van der Waals surface area contributed by atoms with Crippen molar-refractivity contribution in [2.75, 3.05) is 37.2 Å². The molecule has 0 radical (unpaired) electrons. The number of ether oxygens (including phenoxy) is 1. The molecule has 1 aliphatic rings. The first-order chi connectivity index (χ1) is 11.7. The average molecular weight is 329 g/mol. The maximum absolute atomic E-state index is 5.15. The second-order valence-corrected chi connectivity index (χ2v) is 5.80. The molecule has 0 amide bonds. The first kappa shape index (κ1) is 16.4. The van der Waals surface area contributed by atoms with Crippen LogP contribution in [0, 0.1) is 0 Å². The molecule has 0 spiro atoms. The van der Waals surface area contributed by atoms with Crippen LogP contribution in [-0.4, -0.2) is 47.2 Å².